The topological polar surface area (TPSA) is 76.8 Å². The lowest BCUT2D eigenvalue weighted by Crippen LogP contribution is -2.50. The van der Waals surface area contributed by atoms with Crippen molar-refractivity contribution < 1.29 is 14.1 Å². The van der Waals surface area contributed by atoms with Gasteiger partial charge in [0.1, 0.15) is 0 Å². The number of halogens is 1. The molecule has 0 fully saturated rings. The predicted molar refractivity (Wildman–Crippen MR) is 71.5 cm³/mol. The second-order valence-electron chi connectivity index (χ2n) is 5.67. The molecule has 6 nitrogen and oxygen atoms in total. The van der Waals surface area contributed by atoms with E-state index in [9.17, 15) is 14.5 Å². The number of benzene rings is 1. The molecule has 0 aliphatic carbocycles. The maximum atomic E-state index is 14.5. The van der Waals surface area contributed by atoms with Crippen LogP contribution in [-0.2, 0) is 10.5 Å². The lowest BCUT2D eigenvalue weighted by atomic mass is 9.78. The number of nitro benzene ring substituents is 1. The van der Waals surface area contributed by atoms with Crippen LogP contribution in [0.3, 0.4) is 0 Å². The van der Waals surface area contributed by atoms with Gasteiger partial charge in [0.25, 0.3) is 0 Å². The Bertz CT molecular complexity index is 595. The van der Waals surface area contributed by atoms with E-state index in [0.717, 1.165) is 6.07 Å². The number of hydrazone groups is 1. The summed E-state index contributed by atoms with van der Waals surface area (Å²) >= 11 is 0. The van der Waals surface area contributed by atoms with Gasteiger partial charge in [-0.2, -0.15) is 4.39 Å². The standard InChI is InChI=1S/C13H16FN3O3/c1-8-15-16-13(20-8,12(2,3)4)9-6-5-7-10(11(9)14)17(18)19/h5-7,16H,1-4H3. The van der Waals surface area contributed by atoms with Gasteiger partial charge in [0.2, 0.25) is 17.4 Å². The van der Waals surface area contributed by atoms with E-state index in [-0.39, 0.29) is 5.56 Å². The second-order valence-corrected chi connectivity index (χ2v) is 5.67. The highest BCUT2D eigenvalue weighted by atomic mass is 19.1. The van der Waals surface area contributed by atoms with Gasteiger partial charge in [-0.05, 0) is 6.07 Å². The lowest BCUT2D eigenvalue weighted by Gasteiger charge is -2.40. The zero-order valence-corrected chi connectivity index (χ0v) is 11.7. The van der Waals surface area contributed by atoms with Gasteiger partial charge in [-0.15, -0.1) is 5.10 Å². The van der Waals surface area contributed by atoms with Crippen LogP contribution in [0.5, 0.6) is 0 Å². The minimum absolute atomic E-state index is 0.0693. The zero-order chi connectivity index (χ0) is 15.1. The van der Waals surface area contributed by atoms with Gasteiger partial charge in [0.15, 0.2) is 0 Å². The van der Waals surface area contributed by atoms with Crippen LogP contribution in [0.2, 0.25) is 0 Å². The van der Waals surface area contributed by atoms with Gasteiger partial charge in [0.05, 0.1) is 10.5 Å². The molecule has 2 rings (SSSR count). The molecule has 0 aromatic heterocycles. The van der Waals surface area contributed by atoms with E-state index in [1.807, 2.05) is 20.8 Å². The van der Waals surface area contributed by atoms with Crippen LogP contribution in [0, 0.1) is 21.3 Å². The zero-order valence-electron chi connectivity index (χ0n) is 11.7. The molecule has 108 valence electrons. The third-order valence-corrected chi connectivity index (χ3v) is 3.28. The van der Waals surface area contributed by atoms with Gasteiger partial charge in [0, 0.05) is 18.4 Å². The van der Waals surface area contributed by atoms with Crippen LogP contribution in [-0.4, -0.2) is 10.8 Å². The Kier molecular flexibility index (Phi) is 3.15. The van der Waals surface area contributed by atoms with Gasteiger partial charge in [-0.25, -0.2) is 0 Å². The summed E-state index contributed by atoms with van der Waals surface area (Å²) in [5.41, 5.74) is 0.423. The van der Waals surface area contributed by atoms with E-state index in [1.54, 1.807) is 6.92 Å². The van der Waals surface area contributed by atoms with E-state index in [4.69, 9.17) is 4.74 Å². The Morgan fingerprint density at radius 3 is 2.55 bits per heavy atom. The third-order valence-electron chi connectivity index (χ3n) is 3.28. The molecule has 0 bridgehead atoms. The van der Waals surface area contributed by atoms with Gasteiger partial charge < -0.3 is 4.74 Å². The molecule has 1 aromatic carbocycles. The van der Waals surface area contributed by atoms with Gasteiger partial charge in [-0.3, -0.25) is 15.5 Å². The highest BCUT2D eigenvalue weighted by Gasteiger charge is 2.51. The first-order valence-corrected chi connectivity index (χ1v) is 6.13. The molecule has 1 aliphatic rings. The number of nitrogens with zero attached hydrogens (tertiary/aromatic N) is 2. The molecule has 7 heteroatoms. The Labute approximate surface area is 115 Å². The Balaban J connectivity index is 2.64. The molecule has 0 spiro atoms. The highest BCUT2D eigenvalue weighted by molar-refractivity contribution is 5.75. The molecule has 20 heavy (non-hydrogen) atoms. The van der Waals surface area contributed by atoms with Crippen LogP contribution >= 0.6 is 0 Å². The molecule has 1 unspecified atom stereocenters. The van der Waals surface area contributed by atoms with Crippen LogP contribution in [0.15, 0.2) is 23.3 Å². The minimum atomic E-state index is -1.27. The molecule has 1 atom stereocenters. The summed E-state index contributed by atoms with van der Waals surface area (Å²) < 4.78 is 20.2. The third kappa shape index (κ3) is 1.99. The fraction of sp³-hybridized carbons (Fsp3) is 0.462. The maximum absolute atomic E-state index is 14.5. The smallest absolute Gasteiger partial charge is 0.305 e. The van der Waals surface area contributed by atoms with E-state index in [1.165, 1.54) is 12.1 Å². The van der Waals surface area contributed by atoms with Crippen molar-refractivity contribution in [1.82, 2.24) is 5.43 Å². The van der Waals surface area contributed by atoms with E-state index >= 15 is 0 Å². The first-order valence-electron chi connectivity index (χ1n) is 6.13. The molecule has 0 saturated carbocycles. The molecular formula is C13H16FN3O3. The summed E-state index contributed by atoms with van der Waals surface area (Å²) in [6.45, 7) is 7.15. The molecule has 0 radical (unpaired) electrons. The van der Waals surface area contributed by atoms with Crippen molar-refractivity contribution in [2.24, 2.45) is 10.5 Å². The van der Waals surface area contributed by atoms with Crippen molar-refractivity contribution in [2.75, 3.05) is 0 Å². The Hall–Kier alpha value is -2.18. The van der Waals surface area contributed by atoms with Crippen molar-refractivity contribution >= 4 is 11.6 Å². The van der Waals surface area contributed by atoms with E-state index in [2.05, 4.69) is 10.5 Å². The number of rotatable bonds is 2. The monoisotopic (exact) mass is 281 g/mol. The minimum Gasteiger partial charge on any atom is -0.447 e. The summed E-state index contributed by atoms with van der Waals surface area (Å²) in [6.07, 6.45) is 0. The van der Waals surface area contributed by atoms with Crippen LogP contribution in [0.25, 0.3) is 0 Å². The SMILES string of the molecule is CC1=NNC(c2cccc([N+](=O)[O-])c2F)(C(C)(C)C)O1. The lowest BCUT2D eigenvalue weighted by molar-refractivity contribution is -0.387. The van der Waals surface area contributed by atoms with Crippen LogP contribution < -0.4 is 5.43 Å². The fourth-order valence-electron chi connectivity index (χ4n) is 2.20. The summed E-state index contributed by atoms with van der Waals surface area (Å²) in [6, 6.07) is 4.02. The summed E-state index contributed by atoms with van der Waals surface area (Å²) in [5, 5.41) is 14.8. The number of hydrogen-bond donors (Lipinski definition) is 1. The average molecular weight is 281 g/mol. The predicted octanol–water partition coefficient (Wildman–Crippen LogP) is 2.89. The Morgan fingerprint density at radius 1 is 1.45 bits per heavy atom. The van der Waals surface area contributed by atoms with E-state index in [0.29, 0.717) is 5.90 Å². The normalized spacial score (nSPS) is 21.9. The molecular weight excluding hydrogens is 265 g/mol. The number of nitro groups is 1. The first kappa shape index (κ1) is 14.2. The molecule has 1 N–H and O–H groups in total. The Morgan fingerprint density at radius 2 is 2.10 bits per heavy atom. The van der Waals surface area contributed by atoms with Crippen molar-refractivity contribution in [2.45, 2.75) is 33.4 Å². The van der Waals surface area contributed by atoms with Crippen molar-refractivity contribution in [3.05, 3.63) is 39.7 Å². The average Bonchev–Trinajstić information content (AvgIpc) is 2.72. The second kappa shape index (κ2) is 4.43. The van der Waals surface area contributed by atoms with E-state index < -0.39 is 27.6 Å². The van der Waals surface area contributed by atoms with Crippen LogP contribution in [0.1, 0.15) is 33.3 Å². The van der Waals surface area contributed by atoms with Gasteiger partial charge in [-0.1, -0.05) is 26.8 Å². The number of hydrogen-bond acceptors (Lipinski definition) is 5. The molecule has 1 aliphatic heterocycles. The number of ether oxygens (including phenoxy) is 1. The summed E-state index contributed by atoms with van der Waals surface area (Å²) in [7, 11) is 0. The van der Waals surface area contributed by atoms with Gasteiger partial charge >= 0.3 is 5.69 Å². The number of nitrogens with one attached hydrogen (secondary N) is 1. The molecule has 0 saturated heterocycles. The first-order chi connectivity index (χ1) is 9.19. The van der Waals surface area contributed by atoms with Crippen LogP contribution in [0.4, 0.5) is 10.1 Å². The fourth-order valence-corrected chi connectivity index (χ4v) is 2.20. The highest BCUT2D eigenvalue weighted by Crippen LogP contribution is 2.44. The largest absolute Gasteiger partial charge is 0.447 e. The molecule has 0 amide bonds. The van der Waals surface area contributed by atoms with Crippen molar-refractivity contribution in [1.29, 1.82) is 0 Å². The summed E-state index contributed by atoms with van der Waals surface area (Å²) in [5.74, 6) is -0.560. The molecule has 1 aromatic rings. The van der Waals surface area contributed by atoms with Crippen molar-refractivity contribution in [3.63, 3.8) is 0 Å². The quantitative estimate of drug-likeness (QED) is 0.668. The molecule has 1 heterocycles. The maximum Gasteiger partial charge on any atom is 0.305 e. The summed E-state index contributed by atoms with van der Waals surface area (Å²) in [4.78, 5) is 10.1. The van der Waals surface area contributed by atoms with Crippen molar-refractivity contribution in [3.8, 4) is 0 Å².